The van der Waals surface area contributed by atoms with Crippen molar-refractivity contribution in [2.45, 2.75) is 38.6 Å². The van der Waals surface area contributed by atoms with Gasteiger partial charge in [-0.1, -0.05) is 6.07 Å². The zero-order valence-corrected chi connectivity index (χ0v) is 17.1. The highest BCUT2D eigenvalue weighted by molar-refractivity contribution is 7.89. The van der Waals surface area contributed by atoms with Crippen molar-refractivity contribution in [2.75, 3.05) is 18.6 Å². The molecule has 2 aromatic rings. The Bertz CT molecular complexity index is 906. The van der Waals surface area contributed by atoms with Gasteiger partial charge in [-0.05, 0) is 75.2 Å². The Morgan fingerprint density at radius 3 is 2.26 bits per heavy atom. The summed E-state index contributed by atoms with van der Waals surface area (Å²) in [6, 6.07) is 11.6. The Hall–Kier alpha value is -2.38. The van der Waals surface area contributed by atoms with Crippen molar-refractivity contribution >= 4 is 21.6 Å². The van der Waals surface area contributed by atoms with Gasteiger partial charge in [-0.3, -0.25) is 4.79 Å². The van der Waals surface area contributed by atoms with Crippen LogP contribution < -0.4 is 14.4 Å². The van der Waals surface area contributed by atoms with Crippen LogP contribution in [-0.2, 0) is 14.8 Å². The average Bonchev–Trinajstić information content (AvgIpc) is 2.60. The summed E-state index contributed by atoms with van der Waals surface area (Å²) in [7, 11) is -1.85. The van der Waals surface area contributed by atoms with Gasteiger partial charge in [0.25, 0.3) is 5.91 Å². The summed E-state index contributed by atoms with van der Waals surface area (Å²) < 4.78 is 32.2. The molecule has 27 heavy (non-hydrogen) atoms. The molecule has 0 aliphatic heterocycles. The molecule has 0 atom stereocenters. The Morgan fingerprint density at radius 1 is 1.07 bits per heavy atom. The summed E-state index contributed by atoms with van der Waals surface area (Å²) >= 11 is 0. The number of carbonyl (C=O) groups is 1. The van der Waals surface area contributed by atoms with Crippen molar-refractivity contribution in [2.24, 2.45) is 0 Å². The summed E-state index contributed by atoms with van der Waals surface area (Å²) in [4.78, 5) is 14.0. The van der Waals surface area contributed by atoms with Gasteiger partial charge in [0.15, 0.2) is 6.61 Å². The molecule has 0 unspecified atom stereocenters. The number of hydrogen-bond donors (Lipinski definition) is 1. The van der Waals surface area contributed by atoms with Crippen LogP contribution in [0, 0.1) is 13.8 Å². The van der Waals surface area contributed by atoms with Crippen molar-refractivity contribution in [3.8, 4) is 5.75 Å². The summed E-state index contributed by atoms with van der Waals surface area (Å²) in [6.45, 7) is 7.39. The lowest BCUT2D eigenvalue weighted by atomic mass is 10.1. The number of sulfonamides is 1. The normalized spacial score (nSPS) is 11.5. The Labute approximate surface area is 161 Å². The quantitative estimate of drug-likeness (QED) is 0.788. The van der Waals surface area contributed by atoms with E-state index >= 15 is 0 Å². The molecular formula is C20H26N2O4S. The van der Waals surface area contributed by atoms with E-state index in [1.165, 1.54) is 29.2 Å². The van der Waals surface area contributed by atoms with Gasteiger partial charge in [0, 0.05) is 18.8 Å². The summed E-state index contributed by atoms with van der Waals surface area (Å²) in [5.41, 5.74) is 3.07. The lowest BCUT2D eigenvalue weighted by Crippen LogP contribution is -2.31. The van der Waals surface area contributed by atoms with Gasteiger partial charge in [-0.15, -0.1) is 0 Å². The molecule has 0 aliphatic rings. The highest BCUT2D eigenvalue weighted by atomic mass is 32.2. The van der Waals surface area contributed by atoms with E-state index in [-0.39, 0.29) is 23.5 Å². The molecule has 0 saturated carbocycles. The van der Waals surface area contributed by atoms with Crippen molar-refractivity contribution < 1.29 is 17.9 Å². The number of aryl methyl sites for hydroxylation is 2. The summed E-state index contributed by atoms with van der Waals surface area (Å²) in [5.74, 6) is 0.233. The number of ether oxygens (including phenoxy) is 1. The second-order valence-corrected chi connectivity index (χ2v) is 8.47. The van der Waals surface area contributed by atoms with E-state index in [9.17, 15) is 13.2 Å². The Kier molecular flexibility index (Phi) is 6.62. The molecule has 6 nitrogen and oxygen atoms in total. The molecule has 0 fully saturated rings. The largest absolute Gasteiger partial charge is 0.484 e. The van der Waals surface area contributed by atoms with Crippen molar-refractivity contribution in [1.82, 2.24) is 4.72 Å². The molecule has 0 saturated heterocycles. The molecule has 0 radical (unpaired) electrons. The van der Waals surface area contributed by atoms with Crippen LogP contribution in [0.25, 0.3) is 0 Å². The van der Waals surface area contributed by atoms with Crippen molar-refractivity contribution in [3.63, 3.8) is 0 Å². The average molecular weight is 391 g/mol. The number of benzene rings is 2. The third kappa shape index (κ3) is 5.55. The van der Waals surface area contributed by atoms with Crippen LogP contribution in [0.4, 0.5) is 5.69 Å². The van der Waals surface area contributed by atoms with Crippen LogP contribution in [0.3, 0.4) is 0 Å². The number of anilines is 1. The maximum Gasteiger partial charge on any atom is 0.264 e. The van der Waals surface area contributed by atoms with Gasteiger partial charge >= 0.3 is 0 Å². The van der Waals surface area contributed by atoms with Crippen molar-refractivity contribution in [1.29, 1.82) is 0 Å². The molecule has 2 aromatic carbocycles. The van der Waals surface area contributed by atoms with Crippen LogP contribution in [0.5, 0.6) is 5.75 Å². The predicted octanol–water partition coefficient (Wildman–Crippen LogP) is 3.03. The second kappa shape index (κ2) is 8.54. The fourth-order valence-electron chi connectivity index (χ4n) is 2.41. The number of hydrogen-bond acceptors (Lipinski definition) is 4. The number of likely N-dealkylation sites (N-methyl/N-ethyl adjacent to an activating group) is 1. The minimum absolute atomic E-state index is 0.139. The van der Waals surface area contributed by atoms with Gasteiger partial charge in [-0.2, -0.15) is 0 Å². The minimum atomic E-state index is -3.55. The molecule has 0 aromatic heterocycles. The molecule has 1 N–H and O–H groups in total. The topological polar surface area (TPSA) is 75.7 Å². The van der Waals surface area contributed by atoms with Crippen LogP contribution in [0.15, 0.2) is 47.4 Å². The van der Waals surface area contributed by atoms with Gasteiger partial charge in [0.05, 0.1) is 4.90 Å². The molecule has 1 amide bonds. The smallest absolute Gasteiger partial charge is 0.264 e. The highest BCUT2D eigenvalue weighted by Crippen LogP contribution is 2.19. The maximum absolute atomic E-state index is 12.4. The van der Waals surface area contributed by atoms with Crippen LogP contribution in [-0.4, -0.2) is 34.0 Å². The number of carbonyl (C=O) groups excluding carboxylic acids is 1. The zero-order valence-electron chi connectivity index (χ0n) is 16.3. The third-order valence-electron chi connectivity index (χ3n) is 4.14. The summed E-state index contributed by atoms with van der Waals surface area (Å²) in [5, 5.41) is 0. The van der Waals surface area contributed by atoms with Gasteiger partial charge < -0.3 is 9.64 Å². The molecular weight excluding hydrogens is 364 g/mol. The molecule has 0 spiro atoms. The predicted molar refractivity (Wildman–Crippen MR) is 107 cm³/mol. The van der Waals surface area contributed by atoms with E-state index in [1.807, 2.05) is 32.0 Å². The second-order valence-electron chi connectivity index (χ2n) is 6.76. The fraction of sp³-hybridized carbons (Fsp3) is 0.350. The van der Waals surface area contributed by atoms with Gasteiger partial charge in [0.1, 0.15) is 5.75 Å². The molecule has 2 rings (SSSR count). The first-order valence-corrected chi connectivity index (χ1v) is 10.2. The lowest BCUT2D eigenvalue weighted by Gasteiger charge is -2.19. The molecule has 0 aliphatic carbocycles. The first kappa shape index (κ1) is 20.9. The third-order valence-corrected chi connectivity index (χ3v) is 5.81. The van der Waals surface area contributed by atoms with E-state index in [0.29, 0.717) is 5.75 Å². The highest BCUT2D eigenvalue weighted by Gasteiger charge is 2.16. The number of rotatable bonds is 7. The fourth-order valence-corrected chi connectivity index (χ4v) is 3.66. The van der Waals surface area contributed by atoms with E-state index in [4.69, 9.17) is 4.74 Å². The zero-order chi connectivity index (χ0) is 20.2. The standard InChI is InChI=1S/C20H26N2O4S/c1-14(2)21-27(24,25)19-10-8-18(9-11-19)26-13-20(23)22(5)17-7-6-15(3)16(4)12-17/h6-12,14,21H,13H2,1-5H3. The van der Waals surface area contributed by atoms with Crippen LogP contribution in [0.2, 0.25) is 0 Å². The van der Waals surface area contributed by atoms with Crippen LogP contribution >= 0.6 is 0 Å². The number of nitrogens with one attached hydrogen (secondary N) is 1. The van der Waals surface area contributed by atoms with Gasteiger partial charge in [0.2, 0.25) is 10.0 Å². The van der Waals surface area contributed by atoms with Gasteiger partial charge in [-0.25, -0.2) is 13.1 Å². The molecule has 0 bridgehead atoms. The van der Waals surface area contributed by atoms with E-state index < -0.39 is 10.0 Å². The monoisotopic (exact) mass is 390 g/mol. The molecule has 7 heteroatoms. The maximum atomic E-state index is 12.4. The Balaban J connectivity index is 1.99. The van der Waals surface area contributed by atoms with E-state index in [2.05, 4.69) is 4.72 Å². The SMILES string of the molecule is Cc1ccc(N(C)C(=O)COc2ccc(S(=O)(=O)NC(C)C)cc2)cc1C. The minimum Gasteiger partial charge on any atom is -0.484 e. The first-order valence-electron chi connectivity index (χ1n) is 8.69. The summed E-state index contributed by atoms with van der Waals surface area (Å²) in [6.07, 6.45) is 0. The van der Waals surface area contributed by atoms with E-state index in [0.717, 1.165) is 16.8 Å². The Morgan fingerprint density at radius 2 is 1.70 bits per heavy atom. The van der Waals surface area contributed by atoms with E-state index in [1.54, 1.807) is 20.9 Å². The number of amides is 1. The lowest BCUT2D eigenvalue weighted by molar-refractivity contribution is -0.120. The first-order chi connectivity index (χ1) is 12.6. The molecule has 0 heterocycles. The number of nitrogens with zero attached hydrogens (tertiary/aromatic N) is 1. The van der Waals surface area contributed by atoms with Crippen LogP contribution in [0.1, 0.15) is 25.0 Å². The molecule has 146 valence electrons. The van der Waals surface area contributed by atoms with Crippen molar-refractivity contribution in [3.05, 3.63) is 53.6 Å².